The van der Waals surface area contributed by atoms with Crippen molar-refractivity contribution in [2.45, 2.75) is 11.8 Å². The molecule has 1 aliphatic heterocycles. The molecule has 1 aliphatic rings. The van der Waals surface area contributed by atoms with Gasteiger partial charge in [0.1, 0.15) is 0 Å². The highest BCUT2D eigenvalue weighted by molar-refractivity contribution is 7.89. The lowest BCUT2D eigenvalue weighted by atomic mass is 10.1. The molecule has 0 bridgehead atoms. The zero-order valence-corrected chi connectivity index (χ0v) is 14.6. The summed E-state index contributed by atoms with van der Waals surface area (Å²) in [5.41, 5.74) is 2.40. The van der Waals surface area contributed by atoms with E-state index in [9.17, 15) is 13.2 Å². The van der Waals surface area contributed by atoms with Gasteiger partial charge in [-0.15, -0.1) is 0 Å². The number of benzene rings is 1. The van der Waals surface area contributed by atoms with Gasteiger partial charge in [-0.25, -0.2) is 8.42 Å². The molecule has 128 valence electrons. The molecular formula is C17H21N3O3S. The first kappa shape index (κ1) is 16.9. The van der Waals surface area contributed by atoms with Crippen LogP contribution in [0.3, 0.4) is 0 Å². The fourth-order valence-corrected chi connectivity index (χ4v) is 4.33. The second kappa shape index (κ2) is 6.51. The number of nitrogens with one attached hydrogen (secondary N) is 1. The van der Waals surface area contributed by atoms with Gasteiger partial charge in [-0.3, -0.25) is 4.79 Å². The molecule has 1 aromatic heterocycles. The van der Waals surface area contributed by atoms with E-state index < -0.39 is 10.0 Å². The Morgan fingerprint density at radius 1 is 1.04 bits per heavy atom. The third-order valence-corrected chi connectivity index (χ3v) is 6.18. The maximum absolute atomic E-state index is 12.6. The Balaban J connectivity index is 1.92. The summed E-state index contributed by atoms with van der Waals surface area (Å²) in [6, 6.07) is 8.66. The maximum Gasteiger partial charge on any atom is 0.253 e. The molecule has 0 saturated carbocycles. The summed E-state index contributed by atoms with van der Waals surface area (Å²) in [5, 5.41) is 3.15. The average molecular weight is 347 g/mol. The lowest BCUT2D eigenvalue weighted by molar-refractivity contribution is 0.360. The van der Waals surface area contributed by atoms with Gasteiger partial charge in [-0.2, -0.15) is 4.31 Å². The molecule has 0 spiro atoms. The van der Waals surface area contributed by atoms with Crippen molar-refractivity contribution in [1.82, 2.24) is 14.2 Å². The molecule has 6 nitrogen and oxygen atoms in total. The summed E-state index contributed by atoms with van der Waals surface area (Å²) in [6.45, 7) is 4.10. The monoisotopic (exact) mass is 347 g/mol. The van der Waals surface area contributed by atoms with Crippen LogP contribution in [0.5, 0.6) is 0 Å². The Bertz CT molecular complexity index is 869. The summed E-state index contributed by atoms with van der Waals surface area (Å²) in [7, 11) is -1.74. The van der Waals surface area contributed by atoms with E-state index in [4.69, 9.17) is 0 Å². The van der Waals surface area contributed by atoms with E-state index in [0.29, 0.717) is 36.6 Å². The number of aromatic nitrogens is 1. The molecule has 3 rings (SSSR count). The normalized spacial score (nSPS) is 16.2. The molecule has 2 heterocycles. The molecule has 7 heteroatoms. The third-order valence-electron chi connectivity index (χ3n) is 4.26. The SMILES string of the molecule is Cc1cc(-c2ccc(S(=O)(=O)N3CCNCC3)cc2)cn(C)c1=O. The van der Waals surface area contributed by atoms with Crippen molar-refractivity contribution in [3.8, 4) is 11.1 Å². The largest absolute Gasteiger partial charge is 0.318 e. The Hall–Kier alpha value is -1.96. The Morgan fingerprint density at radius 2 is 1.67 bits per heavy atom. The number of nitrogens with zero attached hydrogens (tertiary/aromatic N) is 2. The zero-order chi connectivity index (χ0) is 17.3. The van der Waals surface area contributed by atoms with Crippen molar-refractivity contribution in [3.63, 3.8) is 0 Å². The summed E-state index contributed by atoms with van der Waals surface area (Å²) in [5.74, 6) is 0. The molecule has 1 N–H and O–H groups in total. The number of rotatable bonds is 3. The number of hydrogen-bond acceptors (Lipinski definition) is 4. The van der Waals surface area contributed by atoms with Gasteiger partial charge in [-0.1, -0.05) is 12.1 Å². The fraction of sp³-hybridized carbons (Fsp3) is 0.353. The van der Waals surface area contributed by atoms with Crippen LogP contribution in [0.25, 0.3) is 11.1 Å². The molecule has 24 heavy (non-hydrogen) atoms. The average Bonchev–Trinajstić information content (AvgIpc) is 2.60. The van der Waals surface area contributed by atoms with Crippen LogP contribution in [0.4, 0.5) is 0 Å². The van der Waals surface area contributed by atoms with E-state index in [1.165, 1.54) is 8.87 Å². The van der Waals surface area contributed by atoms with Crippen molar-refractivity contribution in [2.75, 3.05) is 26.2 Å². The Labute approximate surface area is 141 Å². The first-order valence-electron chi connectivity index (χ1n) is 7.88. The number of piperazine rings is 1. The molecule has 0 atom stereocenters. The van der Waals surface area contributed by atoms with Crippen LogP contribution < -0.4 is 10.9 Å². The highest BCUT2D eigenvalue weighted by Gasteiger charge is 2.25. The quantitative estimate of drug-likeness (QED) is 0.898. The number of hydrogen-bond donors (Lipinski definition) is 1. The lowest BCUT2D eigenvalue weighted by Crippen LogP contribution is -2.46. The molecule has 1 aromatic carbocycles. The topological polar surface area (TPSA) is 71.4 Å². The molecule has 0 radical (unpaired) electrons. The maximum atomic E-state index is 12.6. The zero-order valence-electron chi connectivity index (χ0n) is 13.8. The minimum atomic E-state index is -3.45. The van der Waals surface area contributed by atoms with Crippen molar-refractivity contribution in [2.24, 2.45) is 7.05 Å². The molecule has 1 fully saturated rings. The smallest absolute Gasteiger partial charge is 0.253 e. The van der Waals surface area contributed by atoms with Crippen LogP contribution in [0.2, 0.25) is 0 Å². The Morgan fingerprint density at radius 3 is 2.25 bits per heavy atom. The number of aryl methyl sites for hydroxylation is 2. The molecule has 0 aliphatic carbocycles. The second-order valence-corrected chi connectivity index (χ2v) is 7.94. The molecular weight excluding hydrogens is 326 g/mol. The van der Waals surface area contributed by atoms with E-state index in [0.717, 1.165) is 11.1 Å². The minimum Gasteiger partial charge on any atom is -0.318 e. The number of sulfonamides is 1. The van der Waals surface area contributed by atoms with Crippen molar-refractivity contribution >= 4 is 10.0 Å². The summed E-state index contributed by atoms with van der Waals surface area (Å²) in [4.78, 5) is 12.1. The van der Waals surface area contributed by atoms with Crippen LogP contribution in [0.15, 0.2) is 46.2 Å². The number of pyridine rings is 1. The summed E-state index contributed by atoms with van der Waals surface area (Å²) < 4.78 is 28.3. The van der Waals surface area contributed by atoms with Crippen LogP contribution in [-0.2, 0) is 17.1 Å². The highest BCUT2D eigenvalue weighted by Crippen LogP contribution is 2.23. The van der Waals surface area contributed by atoms with Gasteiger partial charge >= 0.3 is 0 Å². The Kier molecular flexibility index (Phi) is 4.58. The predicted octanol–water partition coefficient (Wildman–Crippen LogP) is 0.955. The lowest BCUT2D eigenvalue weighted by Gasteiger charge is -2.26. The first-order chi connectivity index (χ1) is 11.4. The molecule has 0 amide bonds. The van der Waals surface area contributed by atoms with Gasteiger partial charge in [0.15, 0.2) is 0 Å². The fourth-order valence-electron chi connectivity index (χ4n) is 2.89. The van der Waals surface area contributed by atoms with Crippen LogP contribution >= 0.6 is 0 Å². The molecule has 0 unspecified atom stereocenters. The minimum absolute atomic E-state index is 0.0309. The molecule has 2 aromatic rings. The van der Waals surface area contributed by atoms with Gasteiger partial charge in [0.25, 0.3) is 5.56 Å². The standard InChI is InChI=1S/C17H21N3O3S/c1-13-11-15(12-19(2)17(13)21)14-3-5-16(6-4-14)24(22,23)20-9-7-18-8-10-20/h3-6,11-12,18H,7-10H2,1-2H3. The van der Waals surface area contributed by atoms with Crippen molar-refractivity contribution < 1.29 is 8.42 Å². The van der Waals surface area contributed by atoms with Gasteiger partial charge in [0.2, 0.25) is 10.0 Å². The van der Waals surface area contributed by atoms with Gasteiger partial charge in [-0.05, 0) is 36.2 Å². The van der Waals surface area contributed by atoms with Gasteiger partial charge in [0.05, 0.1) is 4.90 Å². The van der Waals surface area contributed by atoms with Gasteiger partial charge < -0.3 is 9.88 Å². The van der Waals surface area contributed by atoms with Crippen LogP contribution in [0.1, 0.15) is 5.56 Å². The van der Waals surface area contributed by atoms with E-state index >= 15 is 0 Å². The van der Waals surface area contributed by atoms with Gasteiger partial charge in [0, 0.05) is 45.0 Å². The van der Waals surface area contributed by atoms with Crippen LogP contribution in [-0.4, -0.2) is 43.5 Å². The predicted molar refractivity (Wildman–Crippen MR) is 93.5 cm³/mol. The first-order valence-corrected chi connectivity index (χ1v) is 9.32. The third kappa shape index (κ3) is 3.15. The van der Waals surface area contributed by atoms with Crippen molar-refractivity contribution in [1.29, 1.82) is 0 Å². The second-order valence-electron chi connectivity index (χ2n) is 6.01. The van der Waals surface area contributed by atoms with E-state index in [1.54, 1.807) is 44.4 Å². The van der Waals surface area contributed by atoms with E-state index in [1.807, 2.05) is 6.07 Å². The van der Waals surface area contributed by atoms with E-state index in [2.05, 4.69) is 5.32 Å². The van der Waals surface area contributed by atoms with E-state index in [-0.39, 0.29) is 5.56 Å². The van der Waals surface area contributed by atoms with Crippen molar-refractivity contribution in [3.05, 3.63) is 52.4 Å². The molecule has 1 saturated heterocycles. The highest BCUT2D eigenvalue weighted by atomic mass is 32.2. The summed E-state index contributed by atoms with van der Waals surface area (Å²) >= 11 is 0. The summed E-state index contributed by atoms with van der Waals surface area (Å²) in [6.07, 6.45) is 1.76. The van der Waals surface area contributed by atoms with Crippen LogP contribution in [0, 0.1) is 6.92 Å².